The lowest BCUT2D eigenvalue weighted by Gasteiger charge is -2.16. The third-order valence-electron chi connectivity index (χ3n) is 1.96. The van der Waals surface area contributed by atoms with E-state index >= 15 is 0 Å². The molecule has 1 heteroatoms. The van der Waals surface area contributed by atoms with E-state index < -0.39 is 0 Å². The number of rotatable bonds is 5. The summed E-state index contributed by atoms with van der Waals surface area (Å²) in [6.45, 7) is 9.63. The van der Waals surface area contributed by atoms with E-state index in [4.69, 9.17) is 0 Å². The molecule has 0 radical (unpaired) electrons. The molecule has 0 aliphatic carbocycles. The van der Waals surface area contributed by atoms with Crippen molar-refractivity contribution >= 4 is 5.78 Å². The summed E-state index contributed by atoms with van der Waals surface area (Å²) < 4.78 is 0. The topological polar surface area (TPSA) is 17.1 Å². The predicted molar refractivity (Wildman–Crippen MR) is 48.4 cm³/mol. The molecule has 11 heavy (non-hydrogen) atoms. The highest BCUT2D eigenvalue weighted by Crippen LogP contribution is 2.19. The van der Waals surface area contributed by atoms with Crippen LogP contribution < -0.4 is 0 Å². The van der Waals surface area contributed by atoms with Gasteiger partial charge in [-0.1, -0.05) is 19.9 Å². The van der Waals surface area contributed by atoms with Crippen LogP contribution in [-0.2, 0) is 4.79 Å². The summed E-state index contributed by atoms with van der Waals surface area (Å²) in [5.41, 5.74) is 0. The number of hydrogen-bond acceptors (Lipinski definition) is 1. The molecular weight excluding hydrogens is 136 g/mol. The van der Waals surface area contributed by atoms with E-state index in [1.807, 2.05) is 6.08 Å². The van der Waals surface area contributed by atoms with Crippen LogP contribution in [0.3, 0.4) is 0 Å². The molecule has 0 aromatic heterocycles. The minimum absolute atomic E-state index is 0.283. The van der Waals surface area contributed by atoms with Crippen LogP contribution in [0.2, 0.25) is 0 Å². The first-order valence-electron chi connectivity index (χ1n) is 4.18. The molecule has 0 heterocycles. The van der Waals surface area contributed by atoms with E-state index in [1.54, 1.807) is 6.92 Å². The van der Waals surface area contributed by atoms with Crippen LogP contribution in [0.15, 0.2) is 12.7 Å². The van der Waals surface area contributed by atoms with E-state index in [-0.39, 0.29) is 5.78 Å². The Bertz CT molecular complexity index is 136. The number of carbonyl (C=O) groups excluding carboxylic acids is 1. The first-order valence-corrected chi connectivity index (χ1v) is 4.18. The minimum atomic E-state index is 0.283. The Morgan fingerprint density at radius 2 is 2.09 bits per heavy atom. The van der Waals surface area contributed by atoms with E-state index in [0.717, 1.165) is 6.42 Å². The molecule has 0 saturated carbocycles. The molecule has 0 rings (SSSR count). The number of ketones is 1. The van der Waals surface area contributed by atoms with Gasteiger partial charge in [-0.3, -0.25) is 0 Å². The second-order valence-corrected chi connectivity index (χ2v) is 3.43. The zero-order valence-electron chi connectivity index (χ0n) is 7.76. The van der Waals surface area contributed by atoms with Crippen LogP contribution in [0.1, 0.15) is 33.6 Å². The van der Waals surface area contributed by atoms with Crippen molar-refractivity contribution in [1.82, 2.24) is 0 Å². The van der Waals surface area contributed by atoms with Crippen LogP contribution in [0.4, 0.5) is 0 Å². The van der Waals surface area contributed by atoms with Gasteiger partial charge < -0.3 is 4.79 Å². The minimum Gasteiger partial charge on any atom is -0.300 e. The summed E-state index contributed by atoms with van der Waals surface area (Å²) in [5.74, 6) is 1.35. The molecule has 0 aromatic carbocycles. The zero-order valence-corrected chi connectivity index (χ0v) is 7.76. The Hall–Kier alpha value is -0.590. The Labute approximate surface area is 69.5 Å². The van der Waals surface area contributed by atoms with Gasteiger partial charge in [-0.05, 0) is 25.2 Å². The maximum atomic E-state index is 10.8. The maximum Gasteiger partial charge on any atom is 0.130 e. The fourth-order valence-corrected chi connectivity index (χ4v) is 1.17. The molecule has 0 aromatic rings. The van der Waals surface area contributed by atoms with Crippen LogP contribution in [0.25, 0.3) is 0 Å². The van der Waals surface area contributed by atoms with E-state index in [1.165, 1.54) is 0 Å². The first-order chi connectivity index (χ1) is 5.07. The lowest BCUT2D eigenvalue weighted by Crippen LogP contribution is -2.11. The molecular formula is C10H18O. The molecule has 64 valence electrons. The second-order valence-electron chi connectivity index (χ2n) is 3.43. The van der Waals surface area contributed by atoms with Gasteiger partial charge in [0.15, 0.2) is 0 Å². The molecule has 1 atom stereocenters. The molecule has 0 fully saturated rings. The van der Waals surface area contributed by atoms with E-state index in [0.29, 0.717) is 18.3 Å². The molecule has 0 saturated heterocycles. The van der Waals surface area contributed by atoms with Gasteiger partial charge in [0.1, 0.15) is 5.78 Å². The lowest BCUT2D eigenvalue weighted by molar-refractivity contribution is -0.118. The van der Waals surface area contributed by atoms with E-state index in [2.05, 4.69) is 20.4 Å². The predicted octanol–water partition coefficient (Wildman–Crippen LogP) is 2.81. The molecule has 0 aliphatic rings. The smallest absolute Gasteiger partial charge is 0.130 e. The number of hydrogen-bond donors (Lipinski definition) is 0. The Balaban J connectivity index is 3.88. The number of carbonyl (C=O) groups is 1. The standard InChI is InChI=1S/C10H18O/c1-5-6-10(8(2)3)7-9(4)11/h5,8,10H,1,6-7H2,2-4H3. The summed E-state index contributed by atoms with van der Waals surface area (Å²) in [5, 5.41) is 0. The molecule has 0 bridgehead atoms. The molecule has 0 aliphatic heterocycles. The van der Waals surface area contributed by atoms with E-state index in [9.17, 15) is 4.79 Å². The summed E-state index contributed by atoms with van der Waals surface area (Å²) >= 11 is 0. The molecule has 0 spiro atoms. The fourth-order valence-electron chi connectivity index (χ4n) is 1.17. The second kappa shape index (κ2) is 5.11. The zero-order chi connectivity index (χ0) is 8.85. The highest BCUT2D eigenvalue weighted by Gasteiger charge is 2.13. The lowest BCUT2D eigenvalue weighted by atomic mass is 9.88. The number of allylic oxidation sites excluding steroid dienone is 1. The summed E-state index contributed by atoms with van der Waals surface area (Å²) in [6.07, 6.45) is 3.55. The molecule has 1 unspecified atom stereocenters. The van der Waals surface area contributed by atoms with Gasteiger partial charge in [0.25, 0.3) is 0 Å². The largest absolute Gasteiger partial charge is 0.300 e. The maximum absolute atomic E-state index is 10.8. The normalized spacial score (nSPS) is 13.1. The van der Waals surface area contributed by atoms with Gasteiger partial charge in [0.2, 0.25) is 0 Å². The molecule has 0 N–H and O–H groups in total. The van der Waals surface area contributed by atoms with Crippen molar-refractivity contribution in [3.63, 3.8) is 0 Å². The van der Waals surface area contributed by atoms with Crippen molar-refractivity contribution in [2.45, 2.75) is 33.6 Å². The quantitative estimate of drug-likeness (QED) is 0.556. The monoisotopic (exact) mass is 154 g/mol. The van der Waals surface area contributed by atoms with Crippen molar-refractivity contribution in [1.29, 1.82) is 0 Å². The van der Waals surface area contributed by atoms with Crippen LogP contribution in [0, 0.1) is 11.8 Å². The van der Waals surface area contributed by atoms with Gasteiger partial charge in [-0.2, -0.15) is 0 Å². The Morgan fingerprint density at radius 3 is 2.36 bits per heavy atom. The fraction of sp³-hybridized carbons (Fsp3) is 0.700. The van der Waals surface area contributed by atoms with Gasteiger partial charge in [0.05, 0.1) is 0 Å². The average molecular weight is 154 g/mol. The van der Waals surface area contributed by atoms with Crippen molar-refractivity contribution in [3.8, 4) is 0 Å². The highest BCUT2D eigenvalue weighted by molar-refractivity contribution is 5.75. The van der Waals surface area contributed by atoms with Crippen LogP contribution in [0.5, 0.6) is 0 Å². The third kappa shape index (κ3) is 4.77. The van der Waals surface area contributed by atoms with Crippen molar-refractivity contribution in [2.75, 3.05) is 0 Å². The average Bonchev–Trinajstić information content (AvgIpc) is 1.86. The Morgan fingerprint density at radius 1 is 1.55 bits per heavy atom. The molecule has 1 nitrogen and oxygen atoms in total. The highest BCUT2D eigenvalue weighted by atomic mass is 16.1. The van der Waals surface area contributed by atoms with Crippen molar-refractivity contribution in [2.24, 2.45) is 11.8 Å². The van der Waals surface area contributed by atoms with Crippen molar-refractivity contribution < 1.29 is 4.79 Å². The summed E-state index contributed by atoms with van der Waals surface area (Å²) in [6, 6.07) is 0. The third-order valence-corrected chi connectivity index (χ3v) is 1.96. The first kappa shape index (κ1) is 10.4. The van der Waals surface area contributed by atoms with Gasteiger partial charge in [0, 0.05) is 6.42 Å². The SMILES string of the molecule is C=CCC(CC(C)=O)C(C)C. The van der Waals surface area contributed by atoms with Gasteiger partial charge in [-0.15, -0.1) is 6.58 Å². The Kier molecular flexibility index (Phi) is 4.84. The molecule has 0 amide bonds. The summed E-state index contributed by atoms with van der Waals surface area (Å²) in [7, 11) is 0. The summed E-state index contributed by atoms with van der Waals surface area (Å²) in [4.78, 5) is 10.8. The van der Waals surface area contributed by atoms with Crippen molar-refractivity contribution in [3.05, 3.63) is 12.7 Å². The van der Waals surface area contributed by atoms with Gasteiger partial charge in [-0.25, -0.2) is 0 Å². The van der Waals surface area contributed by atoms with Gasteiger partial charge >= 0.3 is 0 Å². The van der Waals surface area contributed by atoms with Crippen LogP contribution in [-0.4, -0.2) is 5.78 Å². The number of Topliss-reactive ketones (excluding diaryl/α,β-unsaturated/α-hetero) is 1. The van der Waals surface area contributed by atoms with Crippen LogP contribution >= 0.6 is 0 Å².